The zero-order valence-corrected chi connectivity index (χ0v) is 17.5. The molecule has 0 radical (unpaired) electrons. The Morgan fingerprint density at radius 2 is 1.83 bits per heavy atom. The van der Waals surface area contributed by atoms with Gasteiger partial charge in [-0.05, 0) is 40.2 Å². The average molecular weight is 467 g/mol. The maximum Gasteiger partial charge on any atom is 0.234 e. The van der Waals surface area contributed by atoms with Crippen LogP contribution >= 0.6 is 27.7 Å². The Bertz CT molecular complexity index is 1120. The zero-order chi connectivity index (χ0) is 20.1. The van der Waals surface area contributed by atoms with Gasteiger partial charge in [0, 0.05) is 22.6 Å². The molecule has 2 aromatic heterocycles. The monoisotopic (exact) mass is 466 g/mol. The van der Waals surface area contributed by atoms with Crippen molar-refractivity contribution in [2.24, 2.45) is 0 Å². The lowest BCUT2D eigenvalue weighted by atomic mass is 10.3. The second-order valence-electron chi connectivity index (χ2n) is 5.88. The van der Waals surface area contributed by atoms with Crippen molar-refractivity contribution in [3.05, 3.63) is 77.7 Å². The van der Waals surface area contributed by atoms with Gasteiger partial charge in [-0.2, -0.15) is 0 Å². The number of halogens is 1. The van der Waals surface area contributed by atoms with Crippen LogP contribution in [0.5, 0.6) is 0 Å². The molecule has 0 fully saturated rings. The van der Waals surface area contributed by atoms with Crippen LogP contribution in [0.15, 0.2) is 82.8 Å². The minimum atomic E-state index is -0.134. The van der Waals surface area contributed by atoms with Crippen LogP contribution in [0.25, 0.3) is 17.2 Å². The van der Waals surface area contributed by atoms with Gasteiger partial charge in [-0.25, -0.2) is 4.98 Å². The SMILES string of the molecule is O=C(CSc1nnc(-c2cnccn2)n1-c1ccccc1)Nc1ccccc1Br. The maximum atomic E-state index is 12.4. The van der Waals surface area contributed by atoms with Crippen molar-refractivity contribution in [2.45, 2.75) is 5.16 Å². The number of benzene rings is 2. The molecule has 0 aliphatic heterocycles. The summed E-state index contributed by atoms with van der Waals surface area (Å²) in [4.78, 5) is 20.9. The van der Waals surface area contributed by atoms with Crippen LogP contribution in [0.1, 0.15) is 0 Å². The van der Waals surface area contributed by atoms with Gasteiger partial charge >= 0.3 is 0 Å². The zero-order valence-electron chi connectivity index (χ0n) is 15.1. The van der Waals surface area contributed by atoms with E-state index >= 15 is 0 Å². The number of hydrogen-bond acceptors (Lipinski definition) is 6. The Labute approximate surface area is 179 Å². The van der Waals surface area contributed by atoms with E-state index in [1.54, 1.807) is 18.6 Å². The van der Waals surface area contributed by atoms with Gasteiger partial charge in [0.25, 0.3) is 0 Å². The normalized spacial score (nSPS) is 10.7. The molecule has 0 aliphatic rings. The van der Waals surface area contributed by atoms with Gasteiger partial charge in [0.05, 0.1) is 17.6 Å². The van der Waals surface area contributed by atoms with Crippen molar-refractivity contribution in [3.8, 4) is 17.2 Å². The Kier molecular flexibility index (Phi) is 5.97. The number of amides is 1. The highest BCUT2D eigenvalue weighted by molar-refractivity contribution is 9.10. The Hall–Kier alpha value is -3.04. The number of aromatic nitrogens is 5. The van der Waals surface area contributed by atoms with Gasteiger partial charge in [0.1, 0.15) is 5.69 Å². The number of thioether (sulfide) groups is 1. The quantitative estimate of drug-likeness (QED) is 0.428. The van der Waals surface area contributed by atoms with Crippen LogP contribution in [0.2, 0.25) is 0 Å². The molecule has 0 bridgehead atoms. The topological polar surface area (TPSA) is 85.6 Å². The number of rotatable bonds is 6. The number of carbonyl (C=O) groups excluding carboxylic acids is 1. The summed E-state index contributed by atoms with van der Waals surface area (Å²) in [6.07, 6.45) is 4.85. The van der Waals surface area contributed by atoms with Crippen molar-refractivity contribution in [3.63, 3.8) is 0 Å². The van der Waals surface area contributed by atoms with E-state index in [2.05, 4.69) is 41.4 Å². The first-order valence-electron chi connectivity index (χ1n) is 8.67. The van der Waals surface area contributed by atoms with Crippen LogP contribution in [0.3, 0.4) is 0 Å². The number of para-hydroxylation sites is 2. The van der Waals surface area contributed by atoms with E-state index in [0.717, 1.165) is 15.8 Å². The smallest absolute Gasteiger partial charge is 0.234 e. The first-order chi connectivity index (χ1) is 14.2. The molecule has 2 heterocycles. The third-order valence-electron chi connectivity index (χ3n) is 3.92. The number of carbonyl (C=O) groups is 1. The number of nitrogens with zero attached hydrogens (tertiary/aromatic N) is 5. The molecule has 0 atom stereocenters. The fourth-order valence-corrected chi connectivity index (χ4v) is 3.77. The maximum absolute atomic E-state index is 12.4. The fourth-order valence-electron chi connectivity index (χ4n) is 2.63. The van der Waals surface area contributed by atoms with Crippen molar-refractivity contribution in [1.29, 1.82) is 0 Å². The van der Waals surface area contributed by atoms with Crippen LogP contribution < -0.4 is 5.32 Å². The van der Waals surface area contributed by atoms with E-state index in [1.165, 1.54) is 11.8 Å². The number of hydrogen-bond donors (Lipinski definition) is 1. The predicted octanol–water partition coefficient (Wildman–Crippen LogP) is 4.22. The largest absolute Gasteiger partial charge is 0.324 e. The fraction of sp³-hybridized carbons (Fsp3) is 0.0500. The van der Waals surface area contributed by atoms with Crippen LogP contribution in [-0.2, 0) is 4.79 Å². The molecule has 7 nitrogen and oxygen atoms in total. The summed E-state index contributed by atoms with van der Waals surface area (Å²) >= 11 is 4.74. The minimum absolute atomic E-state index is 0.134. The second-order valence-corrected chi connectivity index (χ2v) is 7.68. The Morgan fingerprint density at radius 1 is 1.03 bits per heavy atom. The summed E-state index contributed by atoms with van der Waals surface area (Å²) < 4.78 is 2.70. The number of nitrogens with one attached hydrogen (secondary N) is 1. The molecule has 4 rings (SSSR count). The summed E-state index contributed by atoms with van der Waals surface area (Å²) in [7, 11) is 0. The van der Waals surface area contributed by atoms with Gasteiger partial charge in [0.15, 0.2) is 11.0 Å². The van der Waals surface area contributed by atoms with E-state index in [1.807, 2.05) is 59.2 Å². The predicted molar refractivity (Wildman–Crippen MR) is 116 cm³/mol. The molecule has 144 valence electrons. The van der Waals surface area contributed by atoms with Crippen molar-refractivity contribution < 1.29 is 4.79 Å². The van der Waals surface area contributed by atoms with Crippen LogP contribution in [0, 0.1) is 0 Å². The second kappa shape index (κ2) is 8.97. The van der Waals surface area contributed by atoms with E-state index < -0.39 is 0 Å². The molecule has 0 saturated heterocycles. The molecule has 1 N–H and O–H groups in total. The van der Waals surface area contributed by atoms with Gasteiger partial charge in [-0.3, -0.25) is 14.3 Å². The van der Waals surface area contributed by atoms with E-state index in [-0.39, 0.29) is 11.7 Å². The lowest BCUT2D eigenvalue weighted by molar-refractivity contribution is -0.113. The summed E-state index contributed by atoms with van der Waals surface area (Å²) in [5, 5.41) is 12.1. The molecule has 9 heteroatoms. The molecule has 0 aliphatic carbocycles. The van der Waals surface area contributed by atoms with Gasteiger partial charge in [0.2, 0.25) is 5.91 Å². The Balaban J connectivity index is 1.58. The molecule has 0 unspecified atom stereocenters. The highest BCUT2D eigenvalue weighted by Crippen LogP contribution is 2.27. The van der Waals surface area contributed by atoms with Crippen LogP contribution in [-0.4, -0.2) is 36.4 Å². The molecular formula is C20H15BrN6OS. The summed E-state index contributed by atoms with van der Waals surface area (Å²) in [5.41, 5.74) is 2.21. The van der Waals surface area contributed by atoms with E-state index in [9.17, 15) is 4.79 Å². The third kappa shape index (κ3) is 4.52. The lowest BCUT2D eigenvalue weighted by Crippen LogP contribution is -2.15. The highest BCUT2D eigenvalue weighted by atomic mass is 79.9. The molecule has 1 amide bonds. The molecule has 0 spiro atoms. The van der Waals surface area contributed by atoms with Crippen molar-refractivity contribution >= 4 is 39.3 Å². The minimum Gasteiger partial charge on any atom is -0.324 e. The summed E-state index contributed by atoms with van der Waals surface area (Å²) in [6, 6.07) is 17.2. The lowest BCUT2D eigenvalue weighted by Gasteiger charge is -2.10. The molecular weight excluding hydrogens is 452 g/mol. The van der Waals surface area contributed by atoms with Gasteiger partial charge in [-0.15, -0.1) is 10.2 Å². The standard InChI is InChI=1S/C20H15BrN6OS/c21-15-8-4-5-9-16(15)24-18(28)13-29-20-26-25-19(17-12-22-10-11-23-17)27(20)14-6-2-1-3-7-14/h1-12H,13H2,(H,24,28). The molecule has 2 aromatic carbocycles. The molecule has 4 aromatic rings. The van der Waals surface area contributed by atoms with Gasteiger partial charge in [-0.1, -0.05) is 42.1 Å². The number of anilines is 1. The average Bonchev–Trinajstić information content (AvgIpc) is 3.19. The Morgan fingerprint density at radius 3 is 2.59 bits per heavy atom. The third-order valence-corrected chi connectivity index (χ3v) is 5.54. The van der Waals surface area contributed by atoms with Crippen molar-refractivity contribution in [1.82, 2.24) is 24.7 Å². The highest BCUT2D eigenvalue weighted by Gasteiger charge is 2.18. The van der Waals surface area contributed by atoms with E-state index in [0.29, 0.717) is 16.7 Å². The summed E-state index contributed by atoms with van der Waals surface area (Å²) in [5.74, 6) is 0.621. The van der Waals surface area contributed by atoms with Gasteiger partial charge < -0.3 is 5.32 Å². The van der Waals surface area contributed by atoms with Crippen LogP contribution in [0.4, 0.5) is 5.69 Å². The summed E-state index contributed by atoms with van der Waals surface area (Å²) in [6.45, 7) is 0. The van der Waals surface area contributed by atoms with Crippen molar-refractivity contribution in [2.75, 3.05) is 11.1 Å². The first-order valence-corrected chi connectivity index (χ1v) is 10.4. The molecule has 29 heavy (non-hydrogen) atoms. The van der Waals surface area contributed by atoms with E-state index in [4.69, 9.17) is 0 Å². The first kappa shape index (κ1) is 19.3. The molecule has 0 saturated carbocycles.